The number of carbonyl (C=O) groups excluding carboxylic acids is 2. The van der Waals surface area contributed by atoms with Gasteiger partial charge in [-0.05, 0) is 23.6 Å². The molecule has 1 N–H and O–H groups in total. The number of nitrogens with zero attached hydrogens (tertiary/aromatic N) is 3. The van der Waals surface area contributed by atoms with Gasteiger partial charge in [-0.2, -0.15) is 0 Å². The van der Waals surface area contributed by atoms with Gasteiger partial charge < -0.3 is 10.0 Å². The standard InChI is InChI=1S/C18H17N3O4.Na.H/c1-10(22)20-9-13-7-12(5-4-11-3-2-6-19-8-11)15(18(24)25)21-14(13)16(20)17(21)23;;/h2-6,8,13-14,16H,7,9H2,1H3,(H,24,25);;/b5-4+;;/t13-,14-,16+;;/m1../s1. The third-order valence-electron chi connectivity index (χ3n) is 5.16. The monoisotopic (exact) mass is 363 g/mol. The molecule has 3 aliphatic rings. The van der Waals surface area contributed by atoms with Crippen LogP contribution in [0, 0.1) is 5.92 Å². The summed E-state index contributed by atoms with van der Waals surface area (Å²) in [4.78, 5) is 43.0. The van der Waals surface area contributed by atoms with Gasteiger partial charge in [-0.25, -0.2) is 4.79 Å². The van der Waals surface area contributed by atoms with Crippen molar-refractivity contribution in [2.45, 2.75) is 25.4 Å². The molecule has 8 heteroatoms. The average molecular weight is 363 g/mol. The molecule has 0 bridgehead atoms. The fourth-order valence-corrected chi connectivity index (χ4v) is 4.12. The minimum atomic E-state index is -1.11. The molecule has 1 aromatic rings. The Kier molecular flexibility index (Phi) is 5.05. The van der Waals surface area contributed by atoms with E-state index in [1.807, 2.05) is 6.07 Å². The van der Waals surface area contributed by atoms with E-state index in [1.165, 1.54) is 11.8 Å². The molecule has 2 fully saturated rings. The van der Waals surface area contributed by atoms with Gasteiger partial charge in [0.15, 0.2) is 0 Å². The Morgan fingerprint density at radius 3 is 2.73 bits per heavy atom. The van der Waals surface area contributed by atoms with Gasteiger partial charge >= 0.3 is 35.5 Å². The number of amides is 2. The Morgan fingerprint density at radius 1 is 1.35 bits per heavy atom. The number of carbonyl (C=O) groups is 3. The summed E-state index contributed by atoms with van der Waals surface area (Å²) in [6.45, 7) is 1.94. The van der Waals surface area contributed by atoms with Gasteiger partial charge in [0, 0.05) is 31.8 Å². The van der Waals surface area contributed by atoms with Crippen LogP contribution in [0.2, 0.25) is 0 Å². The number of β-lactam (4-membered cyclic amide) rings is 1. The molecule has 130 valence electrons. The first-order chi connectivity index (χ1) is 12.0. The van der Waals surface area contributed by atoms with Crippen LogP contribution in [0.3, 0.4) is 0 Å². The fraction of sp³-hybridized carbons (Fsp3) is 0.333. The molecule has 3 aliphatic heterocycles. The Bertz CT molecular complexity index is 836. The van der Waals surface area contributed by atoms with Crippen molar-refractivity contribution >= 4 is 53.4 Å². The molecule has 7 nitrogen and oxygen atoms in total. The first-order valence-electron chi connectivity index (χ1n) is 8.14. The fourth-order valence-electron chi connectivity index (χ4n) is 4.12. The molecule has 0 aromatic carbocycles. The average Bonchev–Trinajstić information content (AvgIpc) is 2.96. The van der Waals surface area contributed by atoms with Crippen molar-refractivity contribution in [1.82, 2.24) is 14.8 Å². The molecule has 4 rings (SSSR count). The van der Waals surface area contributed by atoms with Gasteiger partial charge in [0.1, 0.15) is 11.7 Å². The zero-order valence-corrected chi connectivity index (χ0v) is 13.6. The molecular formula is C18H18N3NaO4. The van der Waals surface area contributed by atoms with E-state index in [0.29, 0.717) is 18.5 Å². The molecular weight excluding hydrogens is 345 g/mol. The van der Waals surface area contributed by atoms with Crippen molar-refractivity contribution in [3.63, 3.8) is 0 Å². The third kappa shape index (κ3) is 2.80. The Morgan fingerprint density at radius 2 is 2.12 bits per heavy atom. The summed E-state index contributed by atoms with van der Waals surface area (Å²) in [5, 5.41) is 9.64. The zero-order chi connectivity index (χ0) is 17.7. The normalized spacial score (nSPS) is 26.5. The summed E-state index contributed by atoms with van der Waals surface area (Å²) in [5.41, 5.74) is 1.49. The molecule has 0 saturated carbocycles. The number of carboxylic acids is 1. The van der Waals surface area contributed by atoms with Gasteiger partial charge in [-0.3, -0.25) is 19.5 Å². The van der Waals surface area contributed by atoms with E-state index in [2.05, 4.69) is 4.98 Å². The van der Waals surface area contributed by atoms with Crippen molar-refractivity contribution in [3.05, 3.63) is 47.4 Å². The predicted molar refractivity (Wildman–Crippen MR) is 95.0 cm³/mol. The number of likely N-dealkylation sites (tertiary alicyclic amines) is 1. The minimum absolute atomic E-state index is 0. The number of hydrogen-bond donors (Lipinski definition) is 1. The summed E-state index contributed by atoms with van der Waals surface area (Å²) < 4.78 is 0. The Balaban J connectivity index is 0.00000196. The predicted octanol–water partition coefficient (Wildman–Crippen LogP) is 0.246. The number of aliphatic carboxylic acids is 1. The number of carboxylic acid groups (broad SMARTS) is 1. The number of hydrogen-bond acceptors (Lipinski definition) is 4. The summed E-state index contributed by atoms with van der Waals surface area (Å²) in [6.07, 6.45) is 7.42. The molecule has 2 amide bonds. The summed E-state index contributed by atoms with van der Waals surface area (Å²) >= 11 is 0. The quantitative estimate of drug-likeness (QED) is 0.614. The molecule has 4 heterocycles. The summed E-state index contributed by atoms with van der Waals surface area (Å²) in [6, 6.07) is 2.96. The van der Waals surface area contributed by atoms with Crippen LogP contribution in [0.4, 0.5) is 0 Å². The van der Waals surface area contributed by atoms with Gasteiger partial charge in [0.25, 0.3) is 5.91 Å². The molecule has 0 radical (unpaired) electrons. The Hall–Kier alpha value is -1.96. The number of allylic oxidation sites excluding steroid dienone is 2. The van der Waals surface area contributed by atoms with Crippen molar-refractivity contribution < 1.29 is 19.5 Å². The van der Waals surface area contributed by atoms with E-state index < -0.39 is 12.0 Å². The van der Waals surface area contributed by atoms with E-state index in [0.717, 1.165) is 5.56 Å². The molecule has 0 spiro atoms. The maximum absolute atomic E-state index is 12.5. The van der Waals surface area contributed by atoms with Crippen LogP contribution in [-0.4, -0.2) is 85.9 Å². The Labute approximate surface area is 172 Å². The maximum atomic E-state index is 12.5. The van der Waals surface area contributed by atoms with Gasteiger partial charge in [0.2, 0.25) is 5.91 Å². The summed E-state index contributed by atoms with van der Waals surface area (Å²) in [5.74, 6) is -1.48. The third-order valence-corrected chi connectivity index (χ3v) is 5.16. The summed E-state index contributed by atoms with van der Waals surface area (Å²) in [7, 11) is 0. The topological polar surface area (TPSA) is 90.8 Å². The van der Waals surface area contributed by atoms with Crippen LogP contribution in [0.5, 0.6) is 0 Å². The van der Waals surface area contributed by atoms with Gasteiger partial charge in [-0.1, -0.05) is 18.2 Å². The second-order valence-electron chi connectivity index (χ2n) is 6.58. The van der Waals surface area contributed by atoms with Crippen LogP contribution >= 0.6 is 0 Å². The van der Waals surface area contributed by atoms with Crippen LogP contribution in [0.25, 0.3) is 6.08 Å². The van der Waals surface area contributed by atoms with Crippen molar-refractivity contribution in [2.75, 3.05) is 6.54 Å². The van der Waals surface area contributed by atoms with Crippen LogP contribution in [-0.2, 0) is 14.4 Å². The van der Waals surface area contributed by atoms with Crippen molar-refractivity contribution in [1.29, 1.82) is 0 Å². The van der Waals surface area contributed by atoms with E-state index in [1.54, 1.807) is 35.5 Å². The first kappa shape index (κ1) is 18.8. The van der Waals surface area contributed by atoms with Crippen molar-refractivity contribution in [2.24, 2.45) is 5.92 Å². The molecule has 1 aromatic heterocycles. The molecule has 2 saturated heterocycles. The molecule has 0 aliphatic carbocycles. The molecule has 0 unspecified atom stereocenters. The van der Waals surface area contributed by atoms with E-state index in [-0.39, 0.29) is 59.0 Å². The van der Waals surface area contributed by atoms with Crippen molar-refractivity contribution in [3.8, 4) is 0 Å². The number of rotatable bonds is 3. The van der Waals surface area contributed by atoms with Crippen LogP contribution in [0.15, 0.2) is 41.9 Å². The van der Waals surface area contributed by atoms with Crippen LogP contribution in [0.1, 0.15) is 18.9 Å². The van der Waals surface area contributed by atoms with Gasteiger partial charge in [-0.15, -0.1) is 0 Å². The number of pyridine rings is 1. The first-order valence-corrected chi connectivity index (χ1v) is 8.14. The number of aromatic nitrogens is 1. The van der Waals surface area contributed by atoms with E-state index >= 15 is 0 Å². The molecule has 3 atom stereocenters. The van der Waals surface area contributed by atoms with Gasteiger partial charge in [0.05, 0.1) is 6.04 Å². The second-order valence-corrected chi connectivity index (χ2v) is 6.58. The SMILES string of the molecule is CC(=O)N1C[C@H]2CC(/C=C/c3cccnc3)=C(C(=O)O)N3C(=O)[C@@H]1[C@@H]23.[NaH]. The zero-order valence-electron chi connectivity index (χ0n) is 13.6. The second kappa shape index (κ2) is 6.98. The van der Waals surface area contributed by atoms with E-state index in [9.17, 15) is 19.5 Å². The van der Waals surface area contributed by atoms with Crippen LogP contribution < -0.4 is 0 Å². The molecule has 26 heavy (non-hydrogen) atoms. The van der Waals surface area contributed by atoms with E-state index in [4.69, 9.17) is 0 Å².